The Balaban J connectivity index is 0.00000158. The zero-order valence-electron chi connectivity index (χ0n) is 19.8. The Morgan fingerprint density at radius 3 is 2.09 bits per heavy atom. The van der Waals surface area contributed by atoms with Crippen molar-refractivity contribution in [3.8, 4) is 11.5 Å². The number of ketones is 1. The summed E-state index contributed by atoms with van der Waals surface area (Å²) in [5.74, 6) is 2.44. The Morgan fingerprint density at radius 1 is 0.853 bits per heavy atom. The van der Waals surface area contributed by atoms with Crippen LogP contribution < -0.4 is 9.47 Å². The molecule has 0 aliphatic heterocycles. The predicted octanol–water partition coefficient (Wildman–Crippen LogP) is 7.68. The summed E-state index contributed by atoms with van der Waals surface area (Å²) in [5.41, 5.74) is 3.32. The SMILES string of the molecule is C=C.C=CC[C@@H]1CCC(=O)C[C@H]1c1ccc(OCc2ccccc2)cc1OCc1ccccc1. The highest BCUT2D eigenvalue weighted by Crippen LogP contribution is 2.43. The summed E-state index contributed by atoms with van der Waals surface area (Å²) in [4.78, 5) is 12.3. The van der Waals surface area contributed by atoms with E-state index in [2.05, 4.69) is 50.1 Å². The lowest BCUT2D eigenvalue weighted by atomic mass is 9.73. The Kier molecular flexibility index (Phi) is 9.72. The van der Waals surface area contributed by atoms with Gasteiger partial charge in [-0.05, 0) is 47.4 Å². The fraction of sp³-hybridized carbons (Fsp3) is 0.258. The molecule has 0 unspecified atom stereocenters. The van der Waals surface area contributed by atoms with Crippen LogP contribution >= 0.6 is 0 Å². The number of hydrogen-bond donors (Lipinski definition) is 0. The molecule has 0 radical (unpaired) electrons. The maximum atomic E-state index is 12.3. The molecule has 34 heavy (non-hydrogen) atoms. The van der Waals surface area contributed by atoms with Crippen molar-refractivity contribution in [2.75, 3.05) is 0 Å². The van der Waals surface area contributed by atoms with Crippen molar-refractivity contribution in [3.05, 3.63) is 121 Å². The zero-order chi connectivity index (χ0) is 24.2. The van der Waals surface area contributed by atoms with Crippen LogP contribution in [0.15, 0.2) is 105 Å². The van der Waals surface area contributed by atoms with E-state index in [0.29, 0.717) is 37.8 Å². The first-order valence-electron chi connectivity index (χ1n) is 11.8. The van der Waals surface area contributed by atoms with Gasteiger partial charge in [-0.1, -0.05) is 72.8 Å². The smallest absolute Gasteiger partial charge is 0.133 e. The summed E-state index contributed by atoms with van der Waals surface area (Å²) < 4.78 is 12.4. The third kappa shape index (κ3) is 6.95. The highest BCUT2D eigenvalue weighted by atomic mass is 16.5. The molecule has 3 aromatic rings. The van der Waals surface area contributed by atoms with E-state index in [1.165, 1.54) is 0 Å². The van der Waals surface area contributed by atoms with Gasteiger partial charge in [-0.25, -0.2) is 0 Å². The Morgan fingerprint density at radius 2 is 1.47 bits per heavy atom. The number of Topliss-reactive ketones (excluding diaryl/α,β-unsaturated/α-hetero) is 1. The van der Waals surface area contributed by atoms with E-state index in [0.717, 1.165) is 41.0 Å². The van der Waals surface area contributed by atoms with Crippen LogP contribution in [0.4, 0.5) is 0 Å². The molecular formula is C31H34O3. The number of benzene rings is 3. The van der Waals surface area contributed by atoms with Gasteiger partial charge in [0.15, 0.2) is 0 Å². The molecule has 2 atom stereocenters. The van der Waals surface area contributed by atoms with Crippen molar-refractivity contribution >= 4 is 5.78 Å². The standard InChI is InChI=1S/C29H30O3.C2H4/c1-2-9-24-14-15-25(30)18-28(24)27-17-16-26(31-20-22-10-5-3-6-11-22)19-29(27)32-21-23-12-7-4-8-13-23;1-2/h2-8,10-13,16-17,19,24,28H,1,9,14-15,18,20-21H2;1-2H2/t24-,28-;/m1./s1. The minimum absolute atomic E-state index is 0.142. The molecule has 1 aliphatic rings. The molecule has 1 fully saturated rings. The van der Waals surface area contributed by atoms with Crippen molar-refractivity contribution < 1.29 is 14.3 Å². The molecule has 0 N–H and O–H groups in total. The van der Waals surface area contributed by atoms with Crippen molar-refractivity contribution in [2.45, 2.75) is 44.8 Å². The lowest BCUT2D eigenvalue weighted by Gasteiger charge is -2.32. The number of allylic oxidation sites excluding steroid dienone is 1. The Bertz CT molecular complexity index is 1040. The Hall–Kier alpha value is -3.59. The second kappa shape index (κ2) is 13.2. The van der Waals surface area contributed by atoms with Crippen LogP contribution in [0.25, 0.3) is 0 Å². The van der Waals surface area contributed by atoms with E-state index in [-0.39, 0.29) is 5.92 Å². The molecule has 3 aromatic carbocycles. The van der Waals surface area contributed by atoms with E-state index in [1.54, 1.807) is 0 Å². The van der Waals surface area contributed by atoms with Gasteiger partial charge >= 0.3 is 0 Å². The molecule has 0 aromatic heterocycles. The number of ether oxygens (including phenoxy) is 2. The van der Waals surface area contributed by atoms with Gasteiger partial charge in [-0.2, -0.15) is 0 Å². The van der Waals surface area contributed by atoms with Crippen molar-refractivity contribution in [1.29, 1.82) is 0 Å². The fourth-order valence-corrected chi connectivity index (χ4v) is 4.43. The predicted molar refractivity (Wildman–Crippen MR) is 139 cm³/mol. The van der Waals surface area contributed by atoms with Crippen LogP contribution in [0.5, 0.6) is 11.5 Å². The van der Waals surface area contributed by atoms with E-state index >= 15 is 0 Å². The van der Waals surface area contributed by atoms with Crippen LogP contribution in [0, 0.1) is 5.92 Å². The number of carbonyl (C=O) groups is 1. The highest BCUT2D eigenvalue weighted by Gasteiger charge is 2.31. The number of rotatable bonds is 9. The number of hydrogen-bond acceptors (Lipinski definition) is 3. The molecule has 0 heterocycles. The first kappa shape index (κ1) is 25.0. The molecule has 0 amide bonds. The summed E-state index contributed by atoms with van der Waals surface area (Å²) >= 11 is 0. The molecule has 0 spiro atoms. The van der Waals surface area contributed by atoms with E-state index < -0.39 is 0 Å². The van der Waals surface area contributed by atoms with Gasteiger partial charge in [0.1, 0.15) is 30.5 Å². The summed E-state index contributed by atoms with van der Waals surface area (Å²) in [6.07, 6.45) is 5.00. The van der Waals surface area contributed by atoms with Crippen LogP contribution in [-0.4, -0.2) is 5.78 Å². The monoisotopic (exact) mass is 454 g/mol. The van der Waals surface area contributed by atoms with Gasteiger partial charge < -0.3 is 9.47 Å². The molecule has 3 nitrogen and oxygen atoms in total. The van der Waals surface area contributed by atoms with E-state index in [4.69, 9.17) is 9.47 Å². The van der Waals surface area contributed by atoms with Crippen molar-refractivity contribution in [3.63, 3.8) is 0 Å². The highest BCUT2D eigenvalue weighted by molar-refractivity contribution is 5.80. The normalized spacial score (nSPS) is 17.2. The molecule has 0 saturated heterocycles. The third-order valence-corrected chi connectivity index (χ3v) is 6.15. The quantitative estimate of drug-likeness (QED) is 0.311. The van der Waals surface area contributed by atoms with Crippen LogP contribution in [0.2, 0.25) is 0 Å². The Labute approximate surface area is 203 Å². The minimum atomic E-state index is 0.142. The fourth-order valence-electron chi connectivity index (χ4n) is 4.43. The molecule has 1 aliphatic carbocycles. The maximum absolute atomic E-state index is 12.3. The average Bonchev–Trinajstić information content (AvgIpc) is 2.90. The molecular weight excluding hydrogens is 420 g/mol. The zero-order valence-corrected chi connectivity index (χ0v) is 19.8. The molecule has 1 saturated carbocycles. The first-order valence-corrected chi connectivity index (χ1v) is 11.8. The van der Waals surface area contributed by atoms with Crippen molar-refractivity contribution in [2.24, 2.45) is 5.92 Å². The van der Waals surface area contributed by atoms with Crippen LogP contribution in [0.3, 0.4) is 0 Å². The van der Waals surface area contributed by atoms with Gasteiger partial charge in [0.2, 0.25) is 0 Å². The summed E-state index contributed by atoms with van der Waals surface area (Å²) in [5, 5.41) is 0. The lowest BCUT2D eigenvalue weighted by Crippen LogP contribution is -2.23. The lowest BCUT2D eigenvalue weighted by molar-refractivity contribution is -0.121. The van der Waals surface area contributed by atoms with Gasteiger partial charge in [0.25, 0.3) is 0 Å². The summed E-state index contributed by atoms with van der Waals surface area (Å²) in [6, 6.07) is 26.3. The second-order valence-electron chi connectivity index (χ2n) is 8.42. The minimum Gasteiger partial charge on any atom is -0.489 e. The van der Waals surface area contributed by atoms with Crippen LogP contribution in [0.1, 0.15) is 48.3 Å². The second-order valence-corrected chi connectivity index (χ2v) is 8.42. The topological polar surface area (TPSA) is 35.5 Å². The van der Waals surface area contributed by atoms with Gasteiger partial charge in [-0.3, -0.25) is 4.79 Å². The summed E-state index contributed by atoms with van der Waals surface area (Å²) in [7, 11) is 0. The van der Waals surface area contributed by atoms with E-state index in [1.807, 2.05) is 54.6 Å². The van der Waals surface area contributed by atoms with Gasteiger partial charge in [0.05, 0.1) is 0 Å². The van der Waals surface area contributed by atoms with Crippen molar-refractivity contribution in [1.82, 2.24) is 0 Å². The maximum Gasteiger partial charge on any atom is 0.133 e. The molecule has 4 rings (SSSR count). The molecule has 3 heteroatoms. The molecule has 0 bridgehead atoms. The number of carbonyl (C=O) groups excluding carboxylic acids is 1. The largest absolute Gasteiger partial charge is 0.489 e. The average molecular weight is 455 g/mol. The summed E-state index contributed by atoms with van der Waals surface area (Å²) in [6.45, 7) is 10.9. The molecule has 176 valence electrons. The van der Waals surface area contributed by atoms with Gasteiger partial charge in [0, 0.05) is 18.9 Å². The third-order valence-electron chi connectivity index (χ3n) is 6.15. The first-order chi connectivity index (χ1) is 16.7. The van der Waals surface area contributed by atoms with E-state index in [9.17, 15) is 4.79 Å². The van der Waals surface area contributed by atoms with Crippen LogP contribution in [-0.2, 0) is 18.0 Å². The van der Waals surface area contributed by atoms with Gasteiger partial charge in [-0.15, -0.1) is 19.7 Å².